The molecule has 0 radical (unpaired) electrons. The summed E-state index contributed by atoms with van der Waals surface area (Å²) in [6.45, 7) is 6.58. The summed E-state index contributed by atoms with van der Waals surface area (Å²) in [5, 5.41) is 0. The number of ether oxygens (including phenoxy) is 3. The first-order valence-corrected chi connectivity index (χ1v) is 28.0. The van der Waals surface area contributed by atoms with E-state index in [-0.39, 0.29) is 31.1 Å². The number of allylic oxidation sites excluding steroid dienone is 6. The highest BCUT2D eigenvalue weighted by molar-refractivity contribution is 5.71. The van der Waals surface area contributed by atoms with Crippen LogP contribution in [0.15, 0.2) is 36.5 Å². The van der Waals surface area contributed by atoms with Gasteiger partial charge < -0.3 is 14.2 Å². The first-order valence-electron chi connectivity index (χ1n) is 28.0. The minimum Gasteiger partial charge on any atom is -0.462 e. The molecular formula is C58H106O6. The van der Waals surface area contributed by atoms with E-state index in [1.807, 2.05) is 0 Å². The van der Waals surface area contributed by atoms with Crippen LogP contribution in [0.25, 0.3) is 0 Å². The van der Waals surface area contributed by atoms with E-state index < -0.39 is 6.10 Å². The highest BCUT2D eigenvalue weighted by Crippen LogP contribution is 2.17. The quantitative estimate of drug-likeness (QED) is 0.0262. The van der Waals surface area contributed by atoms with Crippen LogP contribution in [0.2, 0.25) is 0 Å². The van der Waals surface area contributed by atoms with E-state index >= 15 is 0 Å². The molecule has 0 rings (SSSR count). The second-order valence-electron chi connectivity index (χ2n) is 18.9. The number of hydrogen-bond donors (Lipinski definition) is 0. The number of hydrogen-bond acceptors (Lipinski definition) is 6. The Bertz CT molecular complexity index is 1080. The van der Waals surface area contributed by atoms with E-state index in [1.165, 1.54) is 180 Å². The van der Waals surface area contributed by atoms with Crippen LogP contribution < -0.4 is 0 Å². The predicted molar refractivity (Wildman–Crippen MR) is 275 cm³/mol. The third-order valence-electron chi connectivity index (χ3n) is 12.4. The molecule has 0 bridgehead atoms. The standard InChI is InChI=1S/C58H106O6/c1-4-7-10-13-16-18-20-22-24-26-28-29-31-32-34-36-38-40-42-45-48-51-57(60)63-54-55(53-62-56(59)50-47-44-15-12-9-6-3)64-58(61)52-49-46-43-41-39-37-35-33-30-27-25-23-21-19-17-14-11-8-5-2/h17,19,23,25,30,33,55H,4-16,18,20-22,24,26-29,31-32,34-54H2,1-3H3/b19-17-,25-23-,33-30-. The van der Waals surface area contributed by atoms with Crippen molar-refractivity contribution in [2.24, 2.45) is 0 Å². The third kappa shape index (κ3) is 50.6. The maximum Gasteiger partial charge on any atom is 0.306 e. The number of esters is 3. The molecule has 1 unspecified atom stereocenters. The van der Waals surface area contributed by atoms with Gasteiger partial charge in [0.25, 0.3) is 0 Å². The molecule has 0 heterocycles. The molecule has 0 aliphatic carbocycles. The molecule has 0 aromatic rings. The van der Waals surface area contributed by atoms with Crippen LogP contribution in [0.5, 0.6) is 0 Å². The number of carbonyl (C=O) groups excluding carboxylic acids is 3. The lowest BCUT2D eigenvalue weighted by atomic mass is 10.0. The van der Waals surface area contributed by atoms with Gasteiger partial charge in [-0.3, -0.25) is 14.4 Å². The summed E-state index contributed by atoms with van der Waals surface area (Å²) in [5.41, 5.74) is 0. The van der Waals surface area contributed by atoms with E-state index in [0.717, 1.165) is 77.0 Å². The molecule has 64 heavy (non-hydrogen) atoms. The first-order chi connectivity index (χ1) is 31.5. The zero-order chi connectivity index (χ0) is 46.5. The maximum absolute atomic E-state index is 12.8. The minimum atomic E-state index is -0.773. The normalized spacial score (nSPS) is 12.2. The summed E-state index contributed by atoms with van der Waals surface area (Å²) in [5.74, 6) is -0.883. The molecule has 0 spiro atoms. The van der Waals surface area contributed by atoms with Crippen molar-refractivity contribution < 1.29 is 28.6 Å². The summed E-state index contributed by atoms with van der Waals surface area (Å²) < 4.78 is 16.7. The molecule has 0 amide bonds. The molecular weight excluding hydrogens is 793 g/mol. The number of rotatable bonds is 51. The lowest BCUT2D eigenvalue weighted by Crippen LogP contribution is -2.30. The Kier molecular flexibility index (Phi) is 51.3. The summed E-state index contributed by atoms with van der Waals surface area (Å²) in [7, 11) is 0. The van der Waals surface area contributed by atoms with Crippen molar-refractivity contribution in [3.63, 3.8) is 0 Å². The zero-order valence-corrected chi connectivity index (χ0v) is 42.8. The zero-order valence-electron chi connectivity index (χ0n) is 42.8. The Hall–Kier alpha value is -2.37. The highest BCUT2D eigenvalue weighted by atomic mass is 16.6. The summed E-state index contributed by atoms with van der Waals surface area (Å²) in [4.78, 5) is 37.8. The van der Waals surface area contributed by atoms with Crippen LogP contribution in [0.1, 0.15) is 297 Å². The Morgan fingerprint density at radius 3 is 0.906 bits per heavy atom. The van der Waals surface area contributed by atoms with Gasteiger partial charge in [-0.2, -0.15) is 0 Å². The third-order valence-corrected chi connectivity index (χ3v) is 12.4. The second kappa shape index (κ2) is 53.2. The van der Waals surface area contributed by atoms with Crippen molar-refractivity contribution in [3.8, 4) is 0 Å². The Morgan fingerprint density at radius 2 is 0.562 bits per heavy atom. The van der Waals surface area contributed by atoms with Crippen molar-refractivity contribution >= 4 is 17.9 Å². The lowest BCUT2D eigenvalue weighted by molar-refractivity contribution is -0.167. The molecule has 0 saturated carbocycles. The molecule has 0 aromatic carbocycles. The lowest BCUT2D eigenvalue weighted by Gasteiger charge is -2.18. The Balaban J connectivity index is 4.15. The molecule has 0 aliphatic heterocycles. The van der Waals surface area contributed by atoms with Crippen molar-refractivity contribution in [2.45, 2.75) is 303 Å². The highest BCUT2D eigenvalue weighted by Gasteiger charge is 2.19. The average Bonchev–Trinajstić information content (AvgIpc) is 3.29. The van der Waals surface area contributed by atoms with E-state index in [1.54, 1.807) is 0 Å². The fourth-order valence-corrected chi connectivity index (χ4v) is 8.16. The Morgan fingerprint density at radius 1 is 0.312 bits per heavy atom. The Labute approximate surface area is 397 Å². The van der Waals surface area contributed by atoms with Gasteiger partial charge >= 0.3 is 17.9 Å². The van der Waals surface area contributed by atoms with E-state index in [9.17, 15) is 14.4 Å². The van der Waals surface area contributed by atoms with Crippen LogP contribution in [0.4, 0.5) is 0 Å². The van der Waals surface area contributed by atoms with Gasteiger partial charge in [-0.05, 0) is 57.8 Å². The largest absolute Gasteiger partial charge is 0.462 e. The molecule has 0 fully saturated rings. The van der Waals surface area contributed by atoms with Gasteiger partial charge in [0.05, 0.1) is 0 Å². The van der Waals surface area contributed by atoms with Gasteiger partial charge in [-0.15, -0.1) is 0 Å². The maximum atomic E-state index is 12.8. The average molecular weight is 899 g/mol. The molecule has 6 heteroatoms. The van der Waals surface area contributed by atoms with Gasteiger partial charge in [0.2, 0.25) is 0 Å². The van der Waals surface area contributed by atoms with E-state index in [4.69, 9.17) is 14.2 Å². The van der Waals surface area contributed by atoms with Gasteiger partial charge in [-0.25, -0.2) is 0 Å². The van der Waals surface area contributed by atoms with Crippen molar-refractivity contribution in [3.05, 3.63) is 36.5 Å². The molecule has 374 valence electrons. The van der Waals surface area contributed by atoms with Crippen molar-refractivity contribution in [1.29, 1.82) is 0 Å². The molecule has 0 aliphatic rings. The monoisotopic (exact) mass is 899 g/mol. The molecule has 6 nitrogen and oxygen atoms in total. The summed E-state index contributed by atoms with van der Waals surface area (Å²) in [6.07, 6.45) is 63.1. The fourth-order valence-electron chi connectivity index (χ4n) is 8.16. The second-order valence-corrected chi connectivity index (χ2v) is 18.9. The van der Waals surface area contributed by atoms with Crippen molar-refractivity contribution in [2.75, 3.05) is 13.2 Å². The minimum absolute atomic E-state index is 0.0740. The predicted octanol–water partition coefficient (Wildman–Crippen LogP) is 18.5. The number of carbonyl (C=O) groups is 3. The van der Waals surface area contributed by atoms with Crippen LogP contribution in [-0.2, 0) is 28.6 Å². The van der Waals surface area contributed by atoms with E-state index in [2.05, 4.69) is 57.2 Å². The van der Waals surface area contributed by atoms with Crippen molar-refractivity contribution in [1.82, 2.24) is 0 Å². The van der Waals surface area contributed by atoms with Gasteiger partial charge in [0.15, 0.2) is 6.10 Å². The molecule has 0 aromatic heterocycles. The fraction of sp³-hybridized carbons (Fsp3) is 0.845. The first kappa shape index (κ1) is 61.6. The smallest absolute Gasteiger partial charge is 0.306 e. The van der Waals surface area contributed by atoms with E-state index in [0.29, 0.717) is 19.3 Å². The van der Waals surface area contributed by atoms with Crippen LogP contribution in [0, 0.1) is 0 Å². The molecule has 0 saturated heterocycles. The SMILES string of the molecule is CCCCC/C=C\C/C=C\C/C=C\CCCCCCCCC(=O)OC(COC(=O)CCCCCCCC)COC(=O)CCCCCCCCCCCCCCCCCCCCCCC. The topological polar surface area (TPSA) is 78.9 Å². The summed E-state index contributed by atoms with van der Waals surface area (Å²) >= 11 is 0. The number of unbranched alkanes of at least 4 members (excludes halogenated alkanes) is 34. The van der Waals surface area contributed by atoms with Crippen LogP contribution in [-0.4, -0.2) is 37.2 Å². The molecule has 1 atom stereocenters. The van der Waals surface area contributed by atoms with Crippen LogP contribution >= 0.6 is 0 Å². The van der Waals surface area contributed by atoms with Gasteiger partial charge in [0.1, 0.15) is 13.2 Å². The van der Waals surface area contributed by atoms with Gasteiger partial charge in [-0.1, -0.05) is 256 Å². The molecule has 0 N–H and O–H groups in total. The summed E-state index contributed by atoms with van der Waals surface area (Å²) in [6, 6.07) is 0. The van der Waals surface area contributed by atoms with Crippen LogP contribution in [0.3, 0.4) is 0 Å². The van der Waals surface area contributed by atoms with Gasteiger partial charge in [0, 0.05) is 19.3 Å².